The fourth-order valence-electron chi connectivity index (χ4n) is 3.18. The third-order valence-electron chi connectivity index (χ3n) is 4.46. The zero-order valence-corrected chi connectivity index (χ0v) is 12.2. The van der Waals surface area contributed by atoms with Crippen molar-refractivity contribution < 1.29 is 0 Å². The van der Waals surface area contributed by atoms with E-state index >= 15 is 0 Å². The number of hydrogen-bond donors (Lipinski definition) is 2. The van der Waals surface area contributed by atoms with Crippen molar-refractivity contribution in [3.05, 3.63) is 0 Å². The Morgan fingerprint density at radius 2 is 1.94 bits per heavy atom. The van der Waals surface area contributed by atoms with E-state index in [1.54, 1.807) is 0 Å². The van der Waals surface area contributed by atoms with E-state index in [-0.39, 0.29) is 0 Å². The van der Waals surface area contributed by atoms with Gasteiger partial charge in [-0.05, 0) is 45.2 Å². The lowest BCUT2D eigenvalue weighted by molar-refractivity contribution is 0.318. The molecule has 1 saturated carbocycles. The van der Waals surface area contributed by atoms with Crippen LogP contribution in [0.4, 0.5) is 0 Å². The van der Waals surface area contributed by atoms with Crippen molar-refractivity contribution in [1.29, 1.82) is 0 Å². The van der Waals surface area contributed by atoms with Crippen LogP contribution in [0, 0.1) is 0 Å². The topological polar surface area (TPSA) is 27.3 Å². The second-order valence-corrected chi connectivity index (χ2v) is 7.39. The van der Waals surface area contributed by atoms with Crippen LogP contribution in [0.25, 0.3) is 0 Å². The first-order valence-corrected chi connectivity index (χ1v) is 8.76. The Kier molecular flexibility index (Phi) is 4.85. The van der Waals surface area contributed by atoms with Gasteiger partial charge in [0.1, 0.15) is 0 Å². The predicted octanol–water partition coefficient (Wildman–Crippen LogP) is 1.30. The van der Waals surface area contributed by atoms with Gasteiger partial charge in [0, 0.05) is 42.7 Å². The first-order valence-electron chi connectivity index (χ1n) is 7.71. The molecule has 0 aromatic rings. The molecule has 18 heavy (non-hydrogen) atoms. The van der Waals surface area contributed by atoms with Gasteiger partial charge in [-0.1, -0.05) is 0 Å². The zero-order valence-electron chi connectivity index (χ0n) is 11.4. The summed E-state index contributed by atoms with van der Waals surface area (Å²) < 4.78 is 0. The van der Waals surface area contributed by atoms with Gasteiger partial charge in [0.25, 0.3) is 0 Å². The van der Waals surface area contributed by atoms with E-state index in [1.807, 2.05) is 0 Å². The normalized spacial score (nSPS) is 31.0. The number of piperidine rings is 1. The molecule has 104 valence electrons. The second kappa shape index (κ2) is 6.60. The highest BCUT2D eigenvalue weighted by molar-refractivity contribution is 7.99. The van der Waals surface area contributed by atoms with E-state index in [9.17, 15) is 0 Å². The molecule has 0 radical (unpaired) electrons. The number of nitrogens with zero attached hydrogens (tertiary/aromatic N) is 1. The predicted molar refractivity (Wildman–Crippen MR) is 79.4 cm³/mol. The van der Waals surface area contributed by atoms with Crippen molar-refractivity contribution in [1.82, 2.24) is 15.5 Å². The quantitative estimate of drug-likeness (QED) is 0.711. The van der Waals surface area contributed by atoms with Gasteiger partial charge in [0.15, 0.2) is 0 Å². The van der Waals surface area contributed by atoms with Crippen LogP contribution < -0.4 is 10.6 Å². The van der Waals surface area contributed by atoms with Crippen LogP contribution in [0.5, 0.6) is 0 Å². The van der Waals surface area contributed by atoms with Crippen LogP contribution in [0.3, 0.4) is 0 Å². The van der Waals surface area contributed by atoms with Crippen LogP contribution >= 0.6 is 11.8 Å². The van der Waals surface area contributed by atoms with E-state index in [1.165, 1.54) is 70.6 Å². The maximum absolute atomic E-state index is 3.76. The molecule has 2 N–H and O–H groups in total. The third kappa shape index (κ3) is 3.86. The molecule has 2 aliphatic heterocycles. The zero-order chi connectivity index (χ0) is 12.2. The Labute approximate surface area is 115 Å². The summed E-state index contributed by atoms with van der Waals surface area (Å²) in [5.41, 5.74) is 0. The number of hydrogen-bond acceptors (Lipinski definition) is 4. The molecule has 3 rings (SSSR count). The smallest absolute Gasteiger partial charge is 0.0207 e. The molecule has 3 nitrogen and oxygen atoms in total. The molecule has 1 aliphatic carbocycles. The highest BCUT2D eigenvalue weighted by Gasteiger charge is 2.33. The molecule has 0 bridgehead atoms. The molecule has 0 aromatic heterocycles. The average molecular weight is 269 g/mol. The fourth-order valence-corrected chi connectivity index (χ4v) is 4.31. The lowest BCUT2D eigenvalue weighted by atomic mass is 10.2. The highest BCUT2D eigenvalue weighted by Crippen LogP contribution is 2.29. The Balaban J connectivity index is 1.24. The van der Waals surface area contributed by atoms with Crippen LogP contribution in [-0.2, 0) is 0 Å². The Morgan fingerprint density at radius 3 is 2.72 bits per heavy atom. The molecule has 2 saturated heterocycles. The third-order valence-corrected chi connectivity index (χ3v) is 5.84. The molecule has 4 heteroatoms. The lowest BCUT2D eigenvalue weighted by Crippen LogP contribution is -2.35. The summed E-state index contributed by atoms with van der Waals surface area (Å²) in [4.78, 5) is 2.69. The maximum Gasteiger partial charge on any atom is 0.0207 e. The van der Waals surface area contributed by atoms with Gasteiger partial charge in [-0.25, -0.2) is 0 Å². The monoisotopic (exact) mass is 269 g/mol. The molecule has 2 heterocycles. The minimum absolute atomic E-state index is 0.777. The van der Waals surface area contributed by atoms with Gasteiger partial charge in [0.05, 0.1) is 0 Å². The maximum atomic E-state index is 3.76. The summed E-state index contributed by atoms with van der Waals surface area (Å²) >= 11 is 2.18. The molecule has 0 aromatic carbocycles. The second-order valence-electron chi connectivity index (χ2n) is 5.99. The summed E-state index contributed by atoms with van der Waals surface area (Å²) in [6, 6.07) is 1.74. The van der Waals surface area contributed by atoms with Crippen LogP contribution in [-0.4, -0.2) is 60.7 Å². The van der Waals surface area contributed by atoms with Crippen molar-refractivity contribution in [3.63, 3.8) is 0 Å². The van der Waals surface area contributed by atoms with Crippen molar-refractivity contribution in [2.75, 3.05) is 38.5 Å². The largest absolute Gasteiger partial charge is 0.317 e. The van der Waals surface area contributed by atoms with E-state index in [0.29, 0.717) is 0 Å². The number of nitrogens with one attached hydrogen (secondary N) is 2. The van der Waals surface area contributed by atoms with E-state index in [0.717, 1.165) is 17.3 Å². The molecular weight excluding hydrogens is 242 g/mol. The summed E-state index contributed by atoms with van der Waals surface area (Å²) in [5.74, 6) is 1.30. The fraction of sp³-hybridized carbons (Fsp3) is 1.00. The molecular formula is C14H27N3S. The number of thioether (sulfide) groups is 1. The first kappa shape index (κ1) is 13.2. The molecule has 3 aliphatic rings. The van der Waals surface area contributed by atoms with Crippen LogP contribution in [0.1, 0.15) is 32.1 Å². The Bertz CT molecular complexity index is 251. The average Bonchev–Trinajstić information content (AvgIpc) is 3.16. The molecule has 3 fully saturated rings. The van der Waals surface area contributed by atoms with Crippen molar-refractivity contribution in [3.8, 4) is 0 Å². The van der Waals surface area contributed by atoms with Gasteiger partial charge in [-0.2, -0.15) is 11.8 Å². The molecule has 0 spiro atoms. The molecule has 1 atom stereocenters. The summed E-state index contributed by atoms with van der Waals surface area (Å²) in [6.07, 6.45) is 7.01. The lowest BCUT2D eigenvalue weighted by Gasteiger charge is -2.22. The Hall–Kier alpha value is 0.230. The van der Waals surface area contributed by atoms with E-state index < -0.39 is 0 Å². The highest BCUT2D eigenvalue weighted by atomic mass is 32.2. The Morgan fingerprint density at radius 1 is 1.11 bits per heavy atom. The van der Waals surface area contributed by atoms with Crippen molar-refractivity contribution in [2.45, 2.75) is 49.4 Å². The minimum atomic E-state index is 0.777. The van der Waals surface area contributed by atoms with E-state index in [4.69, 9.17) is 0 Å². The van der Waals surface area contributed by atoms with Gasteiger partial charge >= 0.3 is 0 Å². The SMILES string of the molecule is C1CC(SCCNC2CCN(C3CC3)C2)CCN1. The van der Waals surface area contributed by atoms with Crippen molar-refractivity contribution >= 4 is 11.8 Å². The van der Waals surface area contributed by atoms with Gasteiger partial charge in [0.2, 0.25) is 0 Å². The van der Waals surface area contributed by atoms with Gasteiger partial charge in [-0.15, -0.1) is 0 Å². The standard InChI is InChI=1S/C14H27N3S/c1-2-13(1)17-9-5-12(11-17)16-8-10-18-14-3-6-15-7-4-14/h12-16H,1-11H2. The van der Waals surface area contributed by atoms with Gasteiger partial charge in [-0.3, -0.25) is 4.90 Å². The summed E-state index contributed by atoms with van der Waals surface area (Å²) in [6.45, 7) is 6.30. The summed E-state index contributed by atoms with van der Waals surface area (Å²) in [7, 11) is 0. The van der Waals surface area contributed by atoms with Gasteiger partial charge < -0.3 is 10.6 Å². The molecule has 0 amide bonds. The minimum Gasteiger partial charge on any atom is -0.317 e. The number of likely N-dealkylation sites (tertiary alicyclic amines) is 1. The van der Waals surface area contributed by atoms with Crippen LogP contribution in [0.15, 0.2) is 0 Å². The first-order chi connectivity index (χ1) is 8.92. The van der Waals surface area contributed by atoms with Crippen molar-refractivity contribution in [2.24, 2.45) is 0 Å². The summed E-state index contributed by atoms with van der Waals surface area (Å²) in [5, 5.41) is 8.11. The van der Waals surface area contributed by atoms with Crippen LogP contribution in [0.2, 0.25) is 0 Å². The number of rotatable bonds is 6. The molecule has 1 unspecified atom stereocenters. The van der Waals surface area contributed by atoms with E-state index in [2.05, 4.69) is 27.3 Å².